The van der Waals surface area contributed by atoms with Crippen molar-refractivity contribution < 1.29 is 15.0 Å². The Hall–Kier alpha value is -2.56. The van der Waals surface area contributed by atoms with Crippen LogP contribution in [-0.2, 0) is 0 Å². The van der Waals surface area contributed by atoms with Crippen molar-refractivity contribution in [3.05, 3.63) is 53.9 Å². The predicted octanol–water partition coefficient (Wildman–Crippen LogP) is 1.98. The van der Waals surface area contributed by atoms with Gasteiger partial charge in [0.25, 0.3) is 5.91 Å². The Bertz CT molecular complexity index is 581. The third-order valence-electron chi connectivity index (χ3n) is 2.79. The van der Waals surface area contributed by atoms with E-state index in [1.807, 2.05) is 6.92 Å². The summed E-state index contributed by atoms with van der Waals surface area (Å²) in [7, 11) is 0. The molecule has 1 heterocycles. The second-order valence-corrected chi connectivity index (χ2v) is 4.18. The molecule has 0 spiro atoms. The molecule has 0 saturated carbocycles. The van der Waals surface area contributed by atoms with Gasteiger partial charge in [0.1, 0.15) is 11.5 Å². The lowest BCUT2D eigenvalue weighted by atomic mass is 10.1. The lowest BCUT2D eigenvalue weighted by molar-refractivity contribution is 0.0937. The number of amides is 1. The Labute approximate surface area is 110 Å². The lowest BCUT2D eigenvalue weighted by Gasteiger charge is -2.14. The molecule has 2 rings (SSSR count). The number of hydrogen-bond donors (Lipinski definition) is 3. The number of phenols is 1. The standard InChI is InChI=1S/C14H14N2O3/c1-9(10-2-4-11(17)5-3-10)16-14(19)12-6-7-15-8-13(12)18/h2-9,17-18H,1H3,(H,16,19). The summed E-state index contributed by atoms with van der Waals surface area (Å²) in [6.45, 7) is 1.82. The molecule has 1 unspecified atom stereocenters. The van der Waals surface area contributed by atoms with Crippen LogP contribution in [0, 0.1) is 0 Å². The molecule has 0 fully saturated rings. The molecule has 3 N–H and O–H groups in total. The fourth-order valence-electron chi connectivity index (χ4n) is 1.70. The Balaban J connectivity index is 2.11. The Morgan fingerprint density at radius 1 is 1.21 bits per heavy atom. The van der Waals surface area contributed by atoms with Crippen molar-refractivity contribution >= 4 is 5.91 Å². The SMILES string of the molecule is CC(NC(=O)c1ccncc1O)c1ccc(O)cc1. The maximum absolute atomic E-state index is 12.0. The molecule has 0 bridgehead atoms. The summed E-state index contributed by atoms with van der Waals surface area (Å²) in [6, 6.07) is 7.79. The molecule has 0 aliphatic carbocycles. The van der Waals surface area contributed by atoms with Gasteiger partial charge in [-0.3, -0.25) is 9.78 Å². The van der Waals surface area contributed by atoms with Crippen molar-refractivity contribution in [1.29, 1.82) is 0 Å². The number of phenolic OH excluding ortho intramolecular Hbond substituents is 1. The van der Waals surface area contributed by atoms with Gasteiger partial charge in [-0.2, -0.15) is 0 Å². The van der Waals surface area contributed by atoms with Crippen molar-refractivity contribution in [3.8, 4) is 11.5 Å². The van der Waals surface area contributed by atoms with Crippen molar-refractivity contribution in [2.45, 2.75) is 13.0 Å². The van der Waals surface area contributed by atoms with Crippen molar-refractivity contribution in [2.75, 3.05) is 0 Å². The first-order valence-corrected chi connectivity index (χ1v) is 5.80. The van der Waals surface area contributed by atoms with Gasteiger partial charge >= 0.3 is 0 Å². The first kappa shape index (κ1) is 12.9. The van der Waals surface area contributed by atoms with Crippen LogP contribution < -0.4 is 5.32 Å². The minimum atomic E-state index is -0.375. The molecule has 0 saturated heterocycles. The predicted molar refractivity (Wildman–Crippen MR) is 69.9 cm³/mol. The van der Waals surface area contributed by atoms with Crippen molar-refractivity contribution in [1.82, 2.24) is 10.3 Å². The van der Waals surface area contributed by atoms with Crippen LogP contribution in [0.25, 0.3) is 0 Å². The number of hydrogen-bond acceptors (Lipinski definition) is 4. The first-order valence-electron chi connectivity index (χ1n) is 5.80. The number of rotatable bonds is 3. The maximum atomic E-state index is 12.0. The highest BCUT2D eigenvalue weighted by Crippen LogP contribution is 2.19. The average Bonchev–Trinajstić information content (AvgIpc) is 2.39. The summed E-state index contributed by atoms with van der Waals surface area (Å²) >= 11 is 0. The molecular weight excluding hydrogens is 244 g/mol. The monoisotopic (exact) mass is 258 g/mol. The number of nitrogens with zero attached hydrogens (tertiary/aromatic N) is 1. The van der Waals surface area contributed by atoms with Gasteiger partial charge in [0, 0.05) is 6.20 Å². The van der Waals surface area contributed by atoms with Crippen molar-refractivity contribution in [3.63, 3.8) is 0 Å². The maximum Gasteiger partial charge on any atom is 0.255 e. The zero-order chi connectivity index (χ0) is 13.8. The minimum absolute atomic E-state index is 0.155. The third kappa shape index (κ3) is 3.01. The van der Waals surface area contributed by atoms with E-state index in [0.717, 1.165) is 5.56 Å². The summed E-state index contributed by atoms with van der Waals surface area (Å²) in [5.74, 6) is -0.354. The smallest absolute Gasteiger partial charge is 0.255 e. The quantitative estimate of drug-likeness (QED) is 0.786. The van der Waals surface area contributed by atoms with E-state index >= 15 is 0 Å². The molecule has 0 aliphatic rings. The molecule has 1 aromatic carbocycles. The number of nitrogens with one attached hydrogen (secondary N) is 1. The summed E-state index contributed by atoms with van der Waals surface area (Å²) in [5.41, 5.74) is 1.04. The first-order chi connectivity index (χ1) is 9.08. The fraction of sp³-hybridized carbons (Fsp3) is 0.143. The van der Waals surface area contributed by atoms with Crippen LogP contribution in [0.1, 0.15) is 28.9 Å². The van der Waals surface area contributed by atoms with E-state index in [1.165, 1.54) is 18.5 Å². The van der Waals surface area contributed by atoms with Crippen LogP contribution in [0.4, 0.5) is 0 Å². The van der Waals surface area contributed by atoms with Crippen molar-refractivity contribution in [2.24, 2.45) is 0 Å². The summed E-state index contributed by atoms with van der Waals surface area (Å²) in [4.78, 5) is 15.7. The van der Waals surface area contributed by atoms with E-state index in [9.17, 15) is 15.0 Å². The number of carbonyl (C=O) groups excluding carboxylic acids is 1. The summed E-state index contributed by atoms with van der Waals surface area (Å²) in [6.07, 6.45) is 2.67. The topological polar surface area (TPSA) is 82.5 Å². The zero-order valence-corrected chi connectivity index (χ0v) is 10.4. The second kappa shape index (κ2) is 5.39. The van der Waals surface area contributed by atoms with Crippen LogP contribution >= 0.6 is 0 Å². The summed E-state index contributed by atoms with van der Waals surface area (Å²) in [5, 5.41) is 21.5. The lowest BCUT2D eigenvalue weighted by Crippen LogP contribution is -2.26. The molecule has 0 aliphatic heterocycles. The van der Waals surface area contributed by atoms with Crippen LogP contribution in [0.15, 0.2) is 42.7 Å². The molecule has 1 atom stereocenters. The van der Waals surface area contributed by atoms with E-state index in [2.05, 4.69) is 10.3 Å². The highest BCUT2D eigenvalue weighted by atomic mass is 16.3. The van der Waals surface area contributed by atoms with Gasteiger partial charge in [-0.25, -0.2) is 0 Å². The largest absolute Gasteiger partial charge is 0.508 e. The third-order valence-corrected chi connectivity index (χ3v) is 2.79. The van der Waals surface area contributed by atoms with Gasteiger partial charge in [-0.05, 0) is 30.7 Å². The van der Waals surface area contributed by atoms with Gasteiger partial charge in [-0.1, -0.05) is 12.1 Å². The van der Waals surface area contributed by atoms with Crippen LogP contribution in [0.3, 0.4) is 0 Å². The number of benzene rings is 1. The van der Waals surface area contributed by atoms with Gasteiger partial charge in [0.2, 0.25) is 0 Å². The Morgan fingerprint density at radius 2 is 1.89 bits per heavy atom. The molecule has 5 nitrogen and oxygen atoms in total. The van der Waals surface area contributed by atoms with E-state index in [-0.39, 0.29) is 29.0 Å². The fourth-order valence-corrected chi connectivity index (χ4v) is 1.70. The van der Waals surface area contributed by atoms with E-state index in [4.69, 9.17) is 0 Å². The summed E-state index contributed by atoms with van der Waals surface area (Å²) < 4.78 is 0. The molecule has 0 radical (unpaired) electrons. The zero-order valence-electron chi connectivity index (χ0n) is 10.4. The minimum Gasteiger partial charge on any atom is -0.508 e. The normalized spacial score (nSPS) is 11.8. The number of aromatic hydroxyl groups is 2. The average molecular weight is 258 g/mol. The van der Waals surface area contributed by atoms with Gasteiger partial charge in [-0.15, -0.1) is 0 Å². The number of carbonyl (C=O) groups is 1. The highest BCUT2D eigenvalue weighted by Gasteiger charge is 2.14. The van der Waals surface area contributed by atoms with E-state index in [0.29, 0.717) is 0 Å². The highest BCUT2D eigenvalue weighted by molar-refractivity contribution is 5.96. The number of aromatic nitrogens is 1. The van der Waals surface area contributed by atoms with Gasteiger partial charge < -0.3 is 15.5 Å². The van der Waals surface area contributed by atoms with E-state index in [1.54, 1.807) is 24.3 Å². The van der Waals surface area contributed by atoms with Gasteiger partial charge in [0.15, 0.2) is 0 Å². The molecule has 1 amide bonds. The van der Waals surface area contributed by atoms with Crippen LogP contribution in [-0.4, -0.2) is 21.1 Å². The molecule has 98 valence electrons. The van der Waals surface area contributed by atoms with Crippen LogP contribution in [0.5, 0.6) is 11.5 Å². The Kier molecular flexibility index (Phi) is 3.66. The molecule has 5 heteroatoms. The number of pyridine rings is 1. The van der Waals surface area contributed by atoms with Crippen LogP contribution in [0.2, 0.25) is 0 Å². The van der Waals surface area contributed by atoms with E-state index < -0.39 is 0 Å². The molecule has 2 aromatic rings. The second-order valence-electron chi connectivity index (χ2n) is 4.18. The molecular formula is C14H14N2O3. The molecule has 19 heavy (non-hydrogen) atoms. The Morgan fingerprint density at radius 3 is 2.53 bits per heavy atom. The van der Waals surface area contributed by atoms with Gasteiger partial charge in [0.05, 0.1) is 17.8 Å². The molecule has 1 aromatic heterocycles.